The van der Waals surface area contributed by atoms with Crippen LogP contribution in [0.25, 0.3) is 0 Å². The number of ketones is 1. The van der Waals surface area contributed by atoms with Crippen LogP contribution in [0.15, 0.2) is 78.9 Å². The number of amides is 1. The Balaban J connectivity index is 1.74. The van der Waals surface area contributed by atoms with Gasteiger partial charge >= 0.3 is 6.09 Å². The third kappa shape index (κ3) is 4.73. The number of rotatable bonds is 6. The molecule has 0 spiro atoms. The molecule has 0 saturated heterocycles. The summed E-state index contributed by atoms with van der Waals surface area (Å²) in [5.41, 5.74) is 3.41. The third-order valence-corrected chi connectivity index (χ3v) is 3.90. The highest BCUT2D eigenvalue weighted by molar-refractivity contribution is 6.09. The molecule has 0 bridgehead atoms. The van der Waals surface area contributed by atoms with Gasteiger partial charge in [0.1, 0.15) is 0 Å². The maximum absolute atomic E-state index is 12.5. The Kier molecular flexibility index (Phi) is 5.84. The highest BCUT2D eigenvalue weighted by Gasteiger charge is 2.10. The zero-order chi connectivity index (χ0) is 19.1. The second-order valence-electron chi connectivity index (χ2n) is 5.79. The number of benzene rings is 3. The summed E-state index contributed by atoms with van der Waals surface area (Å²) < 4.78 is 4.92. The van der Waals surface area contributed by atoms with E-state index in [-0.39, 0.29) is 5.78 Å². The number of ether oxygens (including phenoxy) is 1. The second-order valence-corrected chi connectivity index (χ2v) is 5.79. The van der Waals surface area contributed by atoms with Gasteiger partial charge < -0.3 is 10.1 Å². The molecular formula is C22H20N2O3. The van der Waals surface area contributed by atoms with Gasteiger partial charge in [-0.1, -0.05) is 42.5 Å². The van der Waals surface area contributed by atoms with Gasteiger partial charge in [-0.05, 0) is 43.3 Å². The number of carbonyl (C=O) groups is 2. The van der Waals surface area contributed by atoms with Crippen molar-refractivity contribution in [1.82, 2.24) is 0 Å². The van der Waals surface area contributed by atoms with E-state index >= 15 is 0 Å². The lowest BCUT2D eigenvalue weighted by molar-refractivity contribution is 0.103. The zero-order valence-corrected chi connectivity index (χ0v) is 14.9. The Bertz CT molecular complexity index is 922. The number of hydrogen-bond donors (Lipinski definition) is 2. The molecule has 3 aromatic rings. The van der Waals surface area contributed by atoms with Crippen molar-refractivity contribution in [3.8, 4) is 0 Å². The minimum atomic E-state index is -0.504. The van der Waals surface area contributed by atoms with Gasteiger partial charge in [-0.15, -0.1) is 0 Å². The monoisotopic (exact) mass is 360 g/mol. The summed E-state index contributed by atoms with van der Waals surface area (Å²) in [6.07, 6.45) is -0.504. The number of carbonyl (C=O) groups excluding carboxylic acids is 2. The van der Waals surface area contributed by atoms with E-state index in [1.165, 1.54) is 0 Å². The minimum absolute atomic E-state index is 0.0217. The van der Waals surface area contributed by atoms with Crippen molar-refractivity contribution in [1.29, 1.82) is 0 Å². The van der Waals surface area contributed by atoms with Crippen molar-refractivity contribution in [3.63, 3.8) is 0 Å². The lowest BCUT2D eigenvalue weighted by Gasteiger charge is -2.13. The smallest absolute Gasteiger partial charge is 0.411 e. The Hall–Kier alpha value is -3.60. The van der Waals surface area contributed by atoms with Crippen molar-refractivity contribution >= 4 is 28.9 Å². The fourth-order valence-electron chi connectivity index (χ4n) is 2.59. The van der Waals surface area contributed by atoms with Gasteiger partial charge in [0.05, 0.1) is 18.0 Å². The summed E-state index contributed by atoms with van der Waals surface area (Å²) in [6.45, 7) is 2.06. The molecule has 3 rings (SSSR count). The van der Waals surface area contributed by atoms with Gasteiger partial charge in [0, 0.05) is 16.8 Å². The summed E-state index contributed by atoms with van der Waals surface area (Å²) in [6, 6.07) is 23.7. The molecule has 0 aromatic heterocycles. The fraction of sp³-hybridized carbons (Fsp3) is 0.0909. The summed E-state index contributed by atoms with van der Waals surface area (Å²) >= 11 is 0. The topological polar surface area (TPSA) is 67.4 Å². The van der Waals surface area contributed by atoms with Crippen molar-refractivity contribution in [2.45, 2.75) is 6.92 Å². The largest absolute Gasteiger partial charge is 0.450 e. The van der Waals surface area contributed by atoms with Crippen LogP contribution < -0.4 is 10.6 Å². The first-order valence-electron chi connectivity index (χ1n) is 8.67. The van der Waals surface area contributed by atoms with Crippen LogP contribution in [0, 0.1) is 0 Å². The zero-order valence-electron chi connectivity index (χ0n) is 14.9. The van der Waals surface area contributed by atoms with E-state index in [4.69, 9.17) is 4.74 Å². The van der Waals surface area contributed by atoms with Crippen LogP contribution in [0.5, 0.6) is 0 Å². The van der Waals surface area contributed by atoms with E-state index in [0.29, 0.717) is 23.4 Å². The predicted octanol–water partition coefficient (Wildman–Crippen LogP) is 5.23. The standard InChI is InChI=1S/C22H20N2O3/c1-2-27-22(26)24-20-11-7-6-10-19(20)23-18-14-12-17(13-15-18)21(25)16-8-4-3-5-9-16/h3-15,23H,2H2,1H3,(H,24,26). The molecule has 0 fully saturated rings. The summed E-state index contributed by atoms with van der Waals surface area (Å²) in [5, 5.41) is 5.95. The van der Waals surface area contributed by atoms with Crippen LogP contribution >= 0.6 is 0 Å². The molecule has 5 nitrogen and oxygen atoms in total. The van der Waals surface area contributed by atoms with Gasteiger partial charge in [-0.2, -0.15) is 0 Å². The quantitative estimate of drug-likeness (QED) is 0.591. The first-order chi connectivity index (χ1) is 13.2. The Labute approximate surface area is 158 Å². The Morgan fingerprint density at radius 1 is 0.778 bits per heavy atom. The molecule has 1 amide bonds. The molecule has 0 radical (unpaired) electrons. The van der Waals surface area contributed by atoms with Crippen molar-refractivity contribution in [3.05, 3.63) is 90.0 Å². The first kappa shape index (κ1) is 18.2. The highest BCUT2D eigenvalue weighted by atomic mass is 16.5. The van der Waals surface area contributed by atoms with Crippen LogP contribution in [0.3, 0.4) is 0 Å². The van der Waals surface area contributed by atoms with Crippen LogP contribution in [-0.4, -0.2) is 18.5 Å². The van der Waals surface area contributed by atoms with Crippen LogP contribution in [0.2, 0.25) is 0 Å². The van der Waals surface area contributed by atoms with Gasteiger partial charge in [0.15, 0.2) is 5.78 Å². The van der Waals surface area contributed by atoms with E-state index in [1.807, 2.05) is 48.5 Å². The number of hydrogen-bond acceptors (Lipinski definition) is 4. The van der Waals surface area contributed by atoms with Crippen LogP contribution in [-0.2, 0) is 4.74 Å². The van der Waals surface area contributed by atoms with Crippen LogP contribution in [0.1, 0.15) is 22.8 Å². The molecule has 0 aliphatic heterocycles. The Morgan fingerprint density at radius 3 is 2.04 bits per heavy atom. The first-order valence-corrected chi connectivity index (χ1v) is 8.67. The summed E-state index contributed by atoms with van der Waals surface area (Å²) in [4.78, 5) is 24.1. The van der Waals surface area contributed by atoms with Crippen molar-refractivity contribution in [2.75, 3.05) is 17.2 Å². The maximum Gasteiger partial charge on any atom is 0.411 e. The lowest BCUT2D eigenvalue weighted by atomic mass is 10.0. The molecule has 0 aliphatic carbocycles. The highest BCUT2D eigenvalue weighted by Crippen LogP contribution is 2.26. The SMILES string of the molecule is CCOC(=O)Nc1ccccc1Nc1ccc(C(=O)c2ccccc2)cc1. The van der Waals surface area contributed by atoms with Gasteiger partial charge in [-0.3, -0.25) is 10.1 Å². The van der Waals surface area contributed by atoms with E-state index < -0.39 is 6.09 Å². The van der Waals surface area contributed by atoms with Crippen molar-refractivity contribution in [2.24, 2.45) is 0 Å². The van der Waals surface area contributed by atoms with E-state index in [0.717, 1.165) is 11.4 Å². The second kappa shape index (κ2) is 8.67. The lowest BCUT2D eigenvalue weighted by Crippen LogP contribution is -2.14. The maximum atomic E-state index is 12.5. The van der Waals surface area contributed by atoms with E-state index in [1.54, 1.807) is 37.3 Å². The third-order valence-electron chi connectivity index (χ3n) is 3.90. The van der Waals surface area contributed by atoms with Gasteiger partial charge in [-0.25, -0.2) is 4.79 Å². The molecule has 3 aromatic carbocycles. The molecule has 0 heterocycles. The van der Waals surface area contributed by atoms with Crippen LogP contribution in [0.4, 0.5) is 21.9 Å². The van der Waals surface area contributed by atoms with Gasteiger partial charge in [0.2, 0.25) is 0 Å². The molecule has 0 atom stereocenters. The fourth-order valence-corrected chi connectivity index (χ4v) is 2.59. The normalized spacial score (nSPS) is 10.1. The molecule has 27 heavy (non-hydrogen) atoms. The van der Waals surface area contributed by atoms with Gasteiger partial charge in [0.25, 0.3) is 0 Å². The Morgan fingerprint density at radius 2 is 1.37 bits per heavy atom. The number of para-hydroxylation sites is 2. The van der Waals surface area contributed by atoms with E-state index in [2.05, 4.69) is 10.6 Å². The average molecular weight is 360 g/mol. The molecule has 136 valence electrons. The van der Waals surface area contributed by atoms with E-state index in [9.17, 15) is 9.59 Å². The summed E-state index contributed by atoms with van der Waals surface area (Å²) in [7, 11) is 0. The molecule has 5 heteroatoms. The number of nitrogens with one attached hydrogen (secondary N) is 2. The molecule has 0 unspecified atom stereocenters. The molecular weight excluding hydrogens is 340 g/mol. The number of anilines is 3. The molecule has 0 saturated carbocycles. The molecule has 2 N–H and O–H groups in total. The minimum Gasteiger partial charge on any atom is -0.450 e. The predicted molar refractivity (Wildman–Crippen MR) is 107 cm³/mol. The summed E-state index contributed by atoms with van der Waals surface area (Å²) in [5.74, 6) is -0.0217. The molecule has 0 aliphatic rings. The van der Waals surface area contributed by atoms with Crippen molar-refractivity contribution < 1.29 is 14.3 Å². The average Bonchev–Trinajstić information content (AvgIpc) is 2.70.